The molecule has 0 aromatic rings. The highest BCUT2D eigenvalue weighted by Gasteiger charge is 2.26. The minimum Gasteiger partial charge on any atom is -0.412 e. The van der Waals surface area contributed by atoms with Crippen LogP contribution in [0.15, 0.2) is 23.3 Å². The topological polar surface area (TPSA) is 65.6 Å². The van der Waals surface area contributed by atoms with Crippen LogP contribution in [0.25, 0.3) is 0 Å². The van der Waals surface area contributed by atoms with Gasteiger partial charge in [0.2, 0.25) is 0 Å². The van der Waals surface area contributed by atoms with Crippen LogP contribution in [0.5, 0.6) is 0 Å². The van der Waals surface area contributed by atoms with Gasteiger partial charge in [-0.2, -0.15) is 0 Å². The van der Waals surface area contributed by atoms with Crippen molar-refractivity contribution in [3.63, 3.8) is 0 Å². The highest BCUT2D eigenvalue weighted by Crippen LogP contribution is 2.32. The lowest BCUT2D eigenvalue weighted by atomic mass is 9.76. The summed E-state index contributed by atoms with van der Waals surface area (Å²) in [5.74, 6) is 21.0. The van der Waals surface area contributed by atoms with Gasteiger partial charge >= 0.3 is 0 Å². The molecule has 2 rings (SSSR count). The Labute approximate surface area is 211 Å². The maximum atomic E-state index is 10.7. The Morgan fingerprint density at radius 1 is 0.788 bits per heavy atom. The molecule has 2 N–H and O–H groups in total. The largest absolute Gasteiger partial charge is 0.412 e. The van der Waals surface area contributed by atoms with Crippen molar-refractivity contribution in [1.82, 2.24) is 0 Å². The quantitative estimate of drug-likeness (QED) is 0.289. The molecule has 0 bridgehead atoms. The van der Waals surface area contributed by atoms with E-state index in [1.54, 1.807) is 0 Å². The van der Waals surface area contributed by atoms with Crippen molar-refractivity contribution in [2.24, 2.45) is 35.5 Å². The smallest absolute Gasteiger partial charge is 0.123 e. The first-order valence-corrected chi connectivity index (χ1v) is 10.9. The predicted molar refractivity (Wildman–Crippen MR) is 152 cm³/mol. The van der Waals surface area contributed by atoms with Gasteiger partial charge in [-0.05, 0) is 97.7 Å². The Balaban J connectivity index is -0.0000000469. The molecule has 2 aliphatic carbocycles. The van der Waals surface area contributed by atoms with Gasteiger partial charge in [0.1, 0.15) is 12.6 Å². The van der Waals surface area contributed by atoms with E-state index >= 15 is 0 Å². The van der Waals surface area contributed by atoms with E-state index in [1.807, 2.05) is 0 Å². The van der Waals surface area contributed by atoms with Gasteiger partial charge in [-0.25, -0.2) is 0 Å². The van der Waals surface area contributed by atoms with E-state index in [0.717, 1.165) is 25.4 Å². The Morgan fingerprint density at radius 2 is 1.24 bits per heavy atom. The molecule has 2 aliphatic rings. The molecule has 0 aromatic carbocycles. The van der Waals surface area contributed by atoms with Gasteiger partial charge in [-0.1, -0.05) is 51.0 Å². The van der Waals surface area contributed by atoms with Crippen LogP contribution >= 0.6 is 0 Å². The molecule has 0 amide bonds. The van der Waals surface area contributed by atoms with Crippen LogP contribution in [0.3, 0.4) is 0 Å². The molecule has 0 radical (unpaired) electrons. The first kappa shape index (κ1) is 31.8. The Kier molecular flexibility index (Phi) is 17.5. The Bertz CT molecular complexity index is 955. The third-order valence-electron chi connectivity index (χ3n) is 5.85. The zero-order chi connectivity index (χ0) is 24.5. The molecule has 0 fully saturated rings. The number of terminal acetylenes is 2. The van der Waals surface area contributed by atoms with Crippen molar-refractivity contribution in [2.75, 3.05) is 0 Å². The van der Waals surface area contributed by atoms with Gasteiger partial charge in [-0.3, -0.25) is 0 Å². The number of hydrogen-bond donors (Lipinski definition) is 0. The van der Waals surface area contributed by atoms with Crippen LogP contribution in [0.4, 0.5) is 0 Å². The second-order valence-corrected chi connectivity index (χ2v) is 8.54. The van der Waals surface area contributed by atoms with Crippen molar-refractivity contribution in [2.45, 2.75) is 54.4 Å². The minimum atomic E-state index is 0. The molecule has 0 saturated carbocycles. The summed E-state index contributed by atoms with van der Waals surface area (Å²) in [6.07, 6.45) is 18.4. The first-order chi connectivity index (χ1) is 15.2. The number of aldehydes is 2. The van der Waals surface area contributed by atoms with Gasteiger partial charge in [0.05, 0.1) is 0 Å². The molecular weight excluding hydrogens is 408 g/mol. The van der Waals surface area contributed by atoms with Gasteiger partial charge in [0.25, 0.3) is 0 Å². The summed E-state index contributed by atoms with van der Waals surface area (Å²) in [7, 11) is 0. The average Bonchev–Trinajstić information content (AvgIpc) is 2.74. The molecule has 0 heterocycles. The second-order valence-electron chi connectivity index (χ2n) is 8.54. The van der Waals surface area contributed by atoms with Gasteiger partial charge < -0.3 is 15.1 Å². The minimum absolute atomic E-state index is 0. The van der Waals surface area contributed by atoms with Crippen molar-refractivity contribution in [3.8, 4) is 60.2 Å². The van der Waals surface area contributed by atoms with Gasteiger partial charge in [0.15, 0.2) is 0 Å². The molecule has 3 nitrogen and oxygen atoms in total. The number of rotatable bonds is 2. The van der Waals surface area contributed by atoms with Crippen LogP contribution in [0.2, 0.25) is 0 Å². The third-order valence-corrected chi connectivity index (χ3v) is 5.85. The summed E-state index contributed by atoms with van der Waals surface area (Å²) < 4.78 is 0. The van der Waals surface area contributed by atoms with E-state index in [4.69, 9.17) is 12.8 Å². The average molecular weight is 459 g/mol. The number of carbonyl (C=O) groups is 2. The fourth-order valence-electron chi connectivity index (χ4n) is 4.03. The maximum Gasteiger partial charge on any atom is 0.123 e. The lowest BCUT2D eigenvalue weighted by molar-refractivity contribution is -0.114. The predicted octanol–water partition coefficient (Wildman–Crippen LogP) is 6.01. The van der Waals surface area contributed by atoms with Crippen molar-refractivity contribution in [3.05, 3.63) is 23.3 Å². The highest BCUT2D eigenvalue weighted by atomic mass is 16.1. The molecule has 0 spiro atoms. The second kappa shape index (κ2) is 18.2. The number of allylic oxidation sites excluding steroid dienone is 4. The van der Waals surface area contributed by atoms with Crippen molar-refractivity contribution >= 4 is 12.6 Å². The van der Waals surface area contributed by atoms with Crippen molar-refractivity contribution < 1.29 is 25.1 Å². The SMILES string of the molecule is C#CC#CC#CC#CC#C.CC1=CC(C)C(C)C(C=O)C1.CC1=CC(C)C(C=O)C(C)C1.O.[HH].[HH].[HH].[HH].[HH].[HH].[HH]. The van der Waals surface area contributed by atoms with E-state index < -0.39 is 0 Å². The lowest BCUT2D eigenvalue weighted by Crippen LogP contribution is -2.24. The van der Waals surface area contributed by atoms with E-state index in [1.165, 1.54) is 11.1 Å². The van der Waals surface area contributed by atoms with E-state index in [-0.39, 0.29) is 27.3 Å². The third kappa shape index (κ3) is 12.9. The van der Waals surface area contributed by atoms with E-state index in [9.17, 15) is 9.59 Å². The van der Waals surface area contributed by atoms with Crippen LogP contribution in [0, 0.1) is 95.7 Å². The van der Waals surface area contributed by atoms with E-state index in [0.29, 0.717) is 23.7 Å². The van der Waals surface area contributed by atoms with Crippen LogP contribution < -0.4 is 0 Å². The fraction of sp³-hybridized carbons (Fsp3) is 0.467. The molecule has 188 valence electrons. The zero-order valence-electron chi connectivity index (χ0n) is 20.7. The summed E-state index contributed by atoms with van der Waals surface area (Å²) in [6.45, 7) is 12.9. The molecule has 0 saturated heterocycles. The Morgan fingerprint density at radius 3 is 1.67 bits per heavy atom. The van der Waals surface area contributed by atoms with Crippen LogP contribution in [0.1, 0.15) is 64.4 Å². The summed E-state index contributed by atoms with van der Waals surface area (Å²) in [5, 5.41) is 0. The molecule has 6 unspecified atom stereocenters. The fourth-order valence-corrected chi connectivity index (χ4v) is 4.03. The summed E-state index contributed by atoms with van der Waals surface area (Å²) in [5.41, 5.74) is 2.80. The lowest BCUT2D eigenvalue weighted by Gasteiger charge is -2.28. The monoisotopic (exact) mass is 458 g/mol. The summed E-state index contributed by atoms with van der Waals surface area (Å²) in [4.78, 5) is 21.3. The normalized spacial score (nSPS) is 26.4. The number of carbonyl (C=O) groups excluding carboxylic acids is 2. The molecule has 33 heavy (non-hydrogen) atoms. The molecule has 0 aromatic heterocycles. The maximum absolute atomic E-state index is 10.7. The molecule has 3 heteroatoms. The van der Waals surface area contributed by atoms with Crippen LogP contribution in [-0.4, -0.2) is 18.0 Å². The Hall–Kier alpha value is -3.42. The van der Waals surface area contributed by atoms with Gasteiger partial charge in [0, 0.05) is 21.8 Å². The molecule has 0 aliphatic heterocycles. The van der Waals surface area contributed by atoms with Gasteiger partial charge in [-0.15, -0.1) is 12.8 Å². The van der Waals surface area contributed by atoms with Crippen molar-refractivity contribution in [1.29, 1.82) is 0 Å². The molecule has 6 atom stereocenters. The standard InChI is InChI=1S/2C10H16O.C10H2.H2O.7H2/c1-7-4-8(2)9(3)10(5-7)6-11;1-7-4-8(2)10(6-11)9(3)5-7;1-3-5-7-9-10-8-6-4-2;;;;;;;;/h2*4,6,8-10H,5H2,1-3H3;1-2H;1H2;7*1H. The number of hydrogen-bond acceptors (Lipinski definition) is 2. The zero-order valence-corrected chi connectivity index (χ0v) is 20.7. The summed E-state index contributed by atoms with van der Waals surface area (Å²) >= 11 is 0. The molecular formula is C30H50O3. The van der Waals surface area contributed by atoms with E-state index in [2.05, 4.69) is 101 Å². The summed E-state index contributed by atoms with van der Waals surface area (Å²) in [6, 6.07) is 0. The van der Waals surface area contributed by atoms with Crippen LogP contribution in [-0.2, 0) is 9.59 Å². The highest BCUT2D eigenvalue weighted by molar-refractivity contribution is 5.56. The first-order valence-electron chi connectivity index (χ1n) is 10.9.